The Labute approximate surface area is 140 Å². The average molecular weight is 306 g/mol. The molecule has 1 spiro atoms. The number of hydrogen-bond donors (Lipinski definition) is 1. The van der Waals surface area contributed by atoms with Crippen molar-refractivity contribution in [2.45, 2.75) is 36.5 Å². The van der Waals surface area contributed by atoms with Gasteiger partial charge in [0.15, 0.2) is 11.5 Å². The molecule has 0 amide bonds. The zero-order valence-electron chi connectivity index (χ0n) is 19.2. The molecule has 116 valence electrons. The van der Waals surface area contributed by atoms with Gasteiger partial charge < -0.3 is 19.5 Å². The highest BCUT2D eigenvalue weighted by atomic mass is 16.5. The summed E-state index contributed by atoms with van der Waals surface area (Å²) in [6, 6.07) is -0.438. The second kappa shape index (κ2) is 4.06. The van der Waals surface area contributed by atoms with Gasteiger partial charge in [0.05, 0.1) is 15.3 Å². The maximum atomic E-state index is 9.29. The van der Waals surface area contributed by atoms with Crippen molar-refractivity contribution in [2.75, 3.05) is 20.6 Å². The van der Waals surface area contributed by atoms with E-state index in [4.69, 9.17) is 22.9 Å². The predicted octanol–water partition coefficient (Wildman–Crippen LogP) is 1.50. The van der Waals surface area contributed by atoms with Crippen LogP contribution in [0.2, 0.25) is 0 Å². The number of ether oxygens (including phenoxy) is 2. The molecule has 1 fully saturated rings. The Hall–Kier alpha value is -1.52. The molecule has 0 aromatic heterocycles. The molecule has 2 unspecified atom stereocenters. The van der Waals surface area contributed by atoms with Crippen LogP contribution in [-0.2, 0) is 11.8 Å². The third-order valence-corrected chi connectivity index (χ3v) is 5.84. The minimum Gasteiger partial charge on any atom is -0.493 e. The van der Waals surface area contributed by atoms with Crippen molar-refractivity contribution in [3.05, 3.63) is 35.4 Å². The van der Waals surface area contributed by atoms with E-state index >= 15 is 0 Å². The summed E-state index contributed by atoms with van der Waals surface area (Å²) in [7, 11) is -0.826. The first kappa shape index (κ1) is 7.84. The number of likely N-dealkylation sites (N-methyl/N-ethyl adjacent to an activating group) is 1. The molecule has 2 heterocycles. The van der Waals surface area contributed by atoms with E-state index in [0.717, 1.165) is 0 Å². The molecule has 1 N–H and O–H groups in total. The van der Waals surface area contributed by atoms with E-state index in [1.54, 1.807) is 6.08 Å². The minimum absolute atomic E-state index is 0.0105. The van der Waals surface area contributed by atoms with E-state index in [9.17, 15) is 1.37 Å². The zero-order valence-corrected chi connectivity index (χ0v) is 12.2. The van der Waals surface area contributed by atoms with Crippen LogP contribution in [0.5, 0.6) is 11.5 Å². The smallest absolute Gasteiger partial charge is 0.211 e. The SMILES string of the molecule is [2H]OC1C=C[C@H]2[C@H]3Cc4c([2H])c([2H])c(OC([2H])([2H])[2H])c5c4[C@@]2(CCN3C)C1([2H])O5. The first-order chi connectivity index (χ1) is 13.5. The Balaban J connectivity index is 1.85. The number of benzene rings is 1. The van der Waals surface area contributed by atoms with Gasteiger partial charge in [0, 0.05) is 22.9 Å². The molecule has 2 aliphatic heterocycles. The number of likely N-dealkylation sites (tertiary alicyclic amines) is 1. The number of hydrogen-bond acceptors (Lipinski definition) is 4. The Bertz CT molecular complexity index is 935. The van der Waals surface area contributed by atoms with Gasteiger partial charge in [-0.25, -0.2) is 0 Å². The van der Waals surface area contributed by atoms with Crippen LogP contribution >= 0.6 is 0 Å². The van der Waals surface area contributed by atoms with Crippen molar-refractivity contribution in [3.63, 3.8) is 0 Å². The summed E-state index contributed by atoms with van der Waals surface area (Å²) < 4.78 is 67.4. The molecule has 5 rings (SSSR count). The van der Waals surface area contributed by atoms with Crippen LogP contribution in [0.25, 0.3) is 0 Å². The molecular weight excluding hydrogens is 278 g/mol. The lowest BCUT2D eigenvalue weighted by atomic mass is 9.53. The summed E-state index contributed by atoms with van der Waals surface area (Å²) in [5, 5.41) is 4.86. The van der Waals surface area contributed by atoms with Crippen molar-refractivity contribution in [2.24, 2.45) is 5.92 Å². The molecule has 0 radical (unpaired) electrons. The first-order valence-electron chi connectivity index (χ1n) is 11.0. The molecule has 2 bridgehead atoms. The molecule has 0 saturated carbocycles. The maximum Gasteiger partial charge on any atom is 0.211 e. The molecule has 5 atom stereocenters. The molecule has 2 aliphatic carbocycles. The van der Waals surface area contributed by atoms with Crippen LogP contribution in [-0.4, -0.2) is 50.3 Å². The molecular formula is C18H21NO3. The summed E-state index contributed by atoms with van der Waals surface area (Å²) in [5.41, 5.74) is 0.293. The molecule has 1 aromatic carbocycles. The van der Waals surface area contributed by atoms with Crippen molar-refractivity contribution in [1.82, 2.24) is 4.90 Å². The van der Waals surface area contributed by atoms with Gasteiger partial charge in [-0.2, -0.15) is 0 Å². The van der Waals surface area contributed by atoms with Gasteiger partial charge in [0.2, 0.25) is 1.43 Å². The monoisotopic (exact) mass is 306 g/mol. The average Bonchev–Trinajstić information content (AvgIpc) is 2.91. The second-order valence-corrected chi connectivity index (χ2v) is 6.63. The number of methoxy groups -OCH3 is 1. The normalized spacial score (nSPS) is 49.5. The van der Waals surface area contributed by atoms with E-state index in [1.807, 2.05) is 13.1 Å². The van der Waals surface area contributed by atoms with Crippen LogP contribution < -0.4 is 9.47 Å². The van der Waals surface area contributed by atoms with Crippen LogP contribution in [0.1, 0.15) is 25.8 Å². The fourth-order valence-corrected chi connectivity index (χ4v) is 4.89. The van der Waals surface area contributed by atoms with E-state index in [2.05, 4.69) is 4.90 Å². The number of aliphatic hydroxyl groups excluding tert-OH is 1. The Kier molecular flexibility index (Phi) is 1.45. The maximum absolute atomic E-state index is 9.29. The second-order valence-electron chi connectivity index (χ2n) is 6.63. The molecule has 4 nitrogen and oxygen atoms in total. The summed E-state index contributed by atoms with van der Waals surface area (Å²) in [5.74, 6) is -0.398. The minimum atomic E-state index is -2.83. The van der Waals surface area contributed by atoms with Crippen LogP contribution in [0.4, 0.5) is 0 Å². The number of aliphatic hydroxyl groups is 1. The van der Waals surface area contributed by atoms with Crippen LogP contribution in [0, 0.1) is 5.92 Å². The Morgan fingerprint density at radius 1 is 1.59 bits per heavy atom. The lowest BCUT2D eigenvalue weighted by molar-refractivity contribution is -0.0453. The lowest BCUT2D eigenvalue weighted by Crippen LogP contribution is -2.64. The van der Waals surface area contributed by atoms with Gasteiger partial charge in [0.1, 0.15) is 12.2 Å². The van der Waals surface area contributed by atoms with Crippen molar-refractivity contribution in [3.8, 4) is 11.5 Å². The van der Waals surface area contributed by atoms with E-state index in [1.165, 1.54) is 0 Å². The zero-order chi connectivity index (χ0) is 20.9. The lowest BCUT2D eigenvalue weighted by Gasteiger charge is -2.56. The van der Waals surface area contributed by atoms with Crippen molar-refractivity contribution >= 4 is 0 Å². The summed E-state index contributed by atoms with van der Waals surface area (Å²) in [6.45, 7) is 0.689. The van der Waals surface area contributed by atoms with Gasteiger partial charge in [-0.15, -0.1) is 0 Å². The Morgan fingerprint density at radius 3 is 3.41 bits per heavy atom. The third-order valence-electron chi connectivity index (χ3n) is 5.84. The number of nitrogens with zero attached hydrogens (tertiary/aromatic N) is 1. The fourth-order valence-electron chi connectivity index (χ4n) is 4.89. The standard InChI is InChI=1S/C18H21NO3/c1-19-8-7-18-11-4-5-13(20)17(18)22-16-14(21-2)6-3-10(15(16)18)9-12(11)19/h3-6,11-13,17,20H,7-9H2,1-2H3/t11-,12+,13?,17?,18-/m0/s1/i2D3,3D,6D,17D,20D. The van der Waals surface area contributed by atoms with E-state index < -0.39 is 24.6 Å². The molecule has 1 aromatic rings. The highest BCUT2D eigenvalue weighted by Gasteiger charge is 2.64. The summed E-state index contributed by atoms with van der Waals surface area (Å²) >= 11 is 0. The molecule has 1 saturated heterocycles. The highest BCUT2D eigenvalue weighted by molar-refractivity contribution is 5.62. The topological polar surface area (TPSA) is 41.9 Å². The van der Waals surface area contributed by atoms with Gasteiger partial charge in [0.25, 0.3) is 0 Å². The predicted molar refractivity (Wildman–Crippen MR) is 82.5 cm³/mol. The fraction of sp³-hybridized carbons (Fsp3) is 0.556. The highest BCUT2D eigenvalue weighted by Crippen LogP contribution is 2.62. The van der Waals surface area contributed by atoms with Gasteiger partial charge >= 0.3 is 0 Å². The summed E-state index contributed by atoms with van der Waals surface area (Å²) in [4.78, 5) is 2.19. The van der Waals surface area contributed by atoms with Crippen LogP contribution in [0.15, 0.2) is 24.2 Å². The number of rotatable bonds is 2. The van der Waals surface area contributed by atoms with Crippen molar-refractivity contribution < 1.29 is 22.8 Å². The van der Waals surface area contributed by atoms with E-state index in [0.29, 0.717) is 30.5 Å². The molecule has 4 aliphatic rings. The van der Waals surface area contributed by atoms with Gasteiger partial charge in [-0.05, 0) is 38.0 Å². The van der Waals surface area contributed by atoms with E-state index in [-0.39, 0.29) is 35.5 Å². The molecule has 4 heteroatoms. The first-order valence-corrected chi connectivity index (χ1v) is 7.60. The summed E-state index contributed by atoms with van der Waals surface area (Å²) in [6.07, 6.45) is 1.96. The quantitative estimate of drug-likeness (QED) is 0.841. The molecule has 22 heavy (non-hydrogen) atoms. The Morgan fingerprint density at radius 2 is 2.55 bits per heavy atom. The van der Waals surface area contributed by atoms with Gasteiger partial charge in [-0.1, -0.05) is 18.2 Å². The third kappa shape index (κ3) is 1.28. The van der Waals surface area contributed by atoms with Gasteiger partial charge in [-0.3, -0.25) is 0 Å². The largest absolute Gasteiger partial charge is 0.493 e. The number of piperidine rings is 1. The van der Waals surface area contributed by atoms with Crippen LogP contribution in [0.3, 0.4) is 0 Å². The van der Waals surface area contributed by atoms with Crippen molar-refractivity contribution in [1.29, 1.82) is 1.43 Å².